The third-order valence-corrected chi connectivity index (χ3v) is 2.92. The molecule has 128 valence electrons. The SMILES string of the molecule is FC(F)(CCI)CC(F)(F)CC(F)(C(F)(F)F)C(F)(F)F. The standard InChI is InChI=1S/C9H8F11I/c10-5(11,1-2-21)3-6(12,13)4-7(14,8(15,16)17)9(18,19)20/h1-4H2. The lowest BCUT2D eigenvalue weighted by Gasteiger charge is -2.33. The Kier molecular flexibility index (Phi) is 6.21. The summed E-state index contributed by atoms with van der Waals surface area (Å²) in [5.74, 6) is -9.39. The zero-order valence-electron chi connectivity index (χ0n) is 9.86. The molecule has 0 saturated carbocycles. The molecule has 0 spiro atoms. The second-order valence-corrected chi connectivity index (χ2v) is 5.38. The molecule has 0 rings (SSSR count). The summed E-state index contributed by atoms with van der Waals surface area (Å²) in [5.41, 5.74) is -6.26. The Balaban J connectivity index is 5.37. The second-order valence-electron chi connectivity index (χ2n) is 4.30. The van der Waals surface area contributed by atoms with Crippen molar-refractivity contribution in [3.63, 3.8) is 0 Å². The van der Waals surface area contributed by atoms with Crippen LogP contribution < -0.4 is 0 Å². The molecule has 0 aliphatic rings. The van der Waals surface area contributed by atoms with Gasteiger partial charge in [-0.25, -0.2) is 22.0 Å². The van der Waals surface area contributed by atoms with Gasteiger partial charge in [0.15, 0.2) is 0 Å². The Bertz CT molecular complexity index is 329. The van der Waals surface area contributed by atoms with Crippen molar-refractivity contribution in [1.29, 1.82) is 0 Å². The van der Waals surface area contributed by atoms with Crippen molar-refractivity contribution >= 4 is 22.6 Å². The van der Waals surface area contributed by atoms with E-state index in [1.165, 1.54) is 22.6 Å². The van der Waals surface area contributed by atoms with Gasteiger partial charge < -0.3 is 0 Å². The third kappa shape index (κ3) is 5.58. The van der Waals surface area contributed by atoms with Crippen molar-refractivity contribution in [2.24, 2.45) is 0 Å². The maximum atomic E-state index is 13.1. The summed E-state index contributed by atoms with van der Waals surface area (Å²) in [6, 6.07) is 0. The molecule has 21 heavy (non-hydrogen) atoms. The fraction of sp³-hybridized carbons (Fsp3) is 1.00. The lowest BCUT2D eigenvalue weighted by molar-refractivity contribution is -0.356. The van der Waals surface area contributed by atoms with Gasteiger partial charge in [-0.15, -0.1) is 0 Å². The second kappa shape index (κ2) is 6.22. The lowest BCUT2D eigenvalue weighted by atomic mass is 9.92. The predicted octanol–water partition coefficient (Wildman–Crippen LogP) is 5.70. The van der Waals surface area contributed by atoms with Gasteiger partial charge in [0.25, 0.3) is 11.8 Å². The minimum absolute atomic E-state index is 0.361. The molecule has 0 aliphatic heterocycles. The monoisotopic (exact) mass is 452 g/mol. The molecular formula is C9H8F11I. The fourth-order valence-corrected chi connectivity index (χ4v) is 2.17. The molecule has 0 heterocycles. The first-order valence-electron chi connectivity index (χ1n) is 5.11. The predicted molar refractivity (Wildman–Crippen MR) is 58.6 cm³/mol. The van der Waals surface area contributed by atoms with Crippen LogP contribution in [0.2, 0.25) is 0 Å². The van der Waals surface area contributed by atoms with Crippen LogP contribution in [0.5, 0.6) is 0 Å². The summed E-state index contributed by atoms with van der Waals surface area (Å²) in [6.45, 7) is 0. The Hall–Kier alpha value is -0.0400. The fourth-order valence-electron chi connectivity index (χ4n) is 1.39. The van der Waals surface area contributed by atoms with Crippen LogP contribution in [0.15, 0.2) is 0 Å². The van der Waals surface area contributed by atoms with Crippen LogP contribution in [0, 0.1) is 0 Å². The highest BCUT2D eigenvalue weighted by Gasteiger charge is 2.75. The number of hydrogen-bond donors (Lipinski definition) is 0. The molecule has 0 bridgehead atoms. The van der Waals surface area contributed by atoms with E-state index in [4.69, 9.17) is 0 Å². The molecule has 0 unspecified atom stereocenters. The highest BCUT2D eigenvalue weighted by Crippen LogP contribution is 2.52. The van der Waals surface area contributed by atoms with Crippen molar-refractivity contribution < 1.29 is 48.3 Å². The zero-order valence-corrected chi connectivity index (χ0v) is 12.0. The Morgan fingerprint density at radius 2 is 0.952 bits per heavy atom. The molecule has 12 heteroatoms. The number of halogens is 12. The molecule has 0 N–H and O–H groups in total. The van der Waals surface area contributed by atoms with Gasteiger partial charge in [0.2, 0.25) is 0 Å². The lowest BCUT2D eigenvalue weighted by Crippen LogP contribution is -2.56. The van der Waals surface area contributed by atoms with E-state index in [0.717, 1.165) is 0 Å². The van der Waals surface area contributed by atoms with E-state index >= 15 is 0 Å². The first kappa shape index (κ1) is 21.0. The van der Waals surface area contributed by atoms with Crippen LogP contribution in [0.4, 0.5) is 48.3 Å². The van der Waals surface area contributed by atoms with E-state index in [0.29, 0.717) is 0 Å². The maximum Gasteiger partial charge on any atom is 0.431 e. The molecule has 0 saturated heterocycles. The van der Waals surface area contributed by atoms with E-state index in [1.54, 1.807) is 0 Å². The average molecular weight is 452 g/mol. The first-order chi connectivity index (χ1) is 8.97. The molecule has 0 fully saturated rings. The third-order valence-electron chi connectivity index (χ3n) is 2.38. The van der Waals surface area contributed by atoms with Crippen LogP contribution >= 0.6 is 22.6 Å². The summed E-state index contributed by atoms with van der Waals surface area (Å²) in [6.07, 6.45) is -20.6. The summed E-state index contributed by atoms with van der Waals surface area (Å²) in [4.78, 5) is 0. The molecule has 0 aromatic heterocycles. The smallest absolute Gasteiger partial charge is 0.223 e. The number of alkyl halides is 12. The van der Waals surface area contributed by atoms with Crippen LogP contribution in [-0.2, 0) is 0 Å². The van der Waals surface area contributed by atoms with Crippen molar-refractivity contribution in [1.82, 2.24) is 0 Å². The van der Waals surface area contributed by atoms with E-state index in [2.05, 4.69) is 0 Å². The quantitative estimate of drug-likeness (QED) is 0.276. The summed E-state index contributed by atoms with van der Waals surface area (Å²) in [5, 5.41) is 0. The van der Waals surface area contributed by atoms with Gasteiger partial charge in [0, 0.05) is 10.8 Å². The zero-order chi connectivity index (χ0) is 17.3. The van der Waals surface area contributed by atoms with Gasteiger partial charge in [-0.2, -0.15) is 26.3 Å². The van der Waals surface area contributed by atoms with Gasteiger partial charge in [-0.3, -0.25) is 0 Å². The highest BCUT2D eigenvalue weighted by atomic mass is 127. The largest absolute Gasteiger partial charge is 0.431 e. The minimum atomic E-state index is -6.70. The Morgan fingerprint density at radius 1 is 0.571 bits per heavy atom. The van der Waals surface area contributed by atoms with E-state index < -0.39 is 49.1 Å². The molecule has 0 aliphatic carbocycles. The van der Waals surface area contributed by atoms with Crippen molar-refractivity contribution in [3.05, 3.63) is 0 Å². The van der Waals surface area contributed by atoms with Crippen LogP contribution in [0.1, 0.15) is 19.3 Å². The number of hydrogen-bond acceptors (Lipinski definition) is 0. The normalized spacial score (nSPS) is 15.4. The number of rotatable bonds is 6. The molecule has 0 radical (unpaired) electrons. The van der Waals surface area contributed by atoms with Crippen molar-refractivity contribution in [2.75, 3.05) is 4.43 Å². The topological polar surface area (TPSA) is 0 Å². The summed E-state index contributed by atoms with van der Waals surface area (Å²) >= 11 is 1.36. The minimum Gasteiger partial charge on any atom is -0.223 e. The van der Waals surface area contributed by atoms with Crippen LogP contribution in [0.3, 0.4) is 0 Å². The highest BCUT2D eigenvalue weighted by molar-refractivity contribution is 14.1. The van der Waals surface area contributed by atoms with Gasteiger partial charge in [0.05, 0.1) is 12.8 Å². The van der Waals surface area contributed by atoms with Gasteiger partial charge in [0.1, 0.15) is 0 Å². The van der Waals surface area contributed by atoms with Crippen molar-refractivity contribution in [2.45, 2.75) is 49.1 Å². The summed E-state index contributed by atoms with van der Waals surface area (Å²) in [7, 11) is 0. The Labute approximate surface area is 125 Å². The van der Waals surface area contributed by atoms with Crippen LogP contribution in [-0.4, -0.2) is 34.3 Å². The van der Waals surface area contributed by atoms with Gasteiger partial charge in [-0.1, -0.05) is 22.6 Å². The van der Waals surface area contributed by atoms with Gasteiger partial charge in [-0.05, 0) is 0 Å². The van der Waals surface area contributed by atoms with E-state index in [9.17, 15) is 48.3 Å². The molecule has 0 amide bonds. The van der Waals surface area contributed by atoms with Crippen LogP contribution in [0.25, 0.3) is 0 Å². The molecule has 0 aromatic rings. The van der Waals surface area contributed by atoms with Gasteiger partial charge >= 0.3 is 18.0 Å². The molecule has 0 atom stereocenters. The molecule has 0 nitrogen and oxygen atoms in total. The molecule has 0 aromatic carbocycles. The van der Waals surface area contributed by atoms with Crippen molar-refractivity contribution in [3.8, 4) is 0 Å². The van der Waals surface area contributed by atoms with E-state index in [-0.39, 0.29) is 4.43 Å². The average Bonchev–Trinajstić information content (AvgIpc) is 2.09. The molecular weight excluding hydrogens is 444 g/mol. The van der Waals surface area contributed by atoms with E-state index in [1.807, 2.05) is 0 Å². The first-order valence-corrected chi connectivity index (χ1v) is 6.64. The maximum absolute atomic E-state index is 13.1. The Morgan fingerprint density at radius 3 is 1.24 bits per heavy atom. The summed E-state index contributed by atoms with van der Waals surface area (Å²) < 4.78 is 137.